The Morgan fingerprint density at radius 3 is 2.53 bits per heavy atom. The highest BCUT2D eigenvalue weighted by Crippen LogP contribution is 2.30. The molecule has 0 radical (unpaired) electrons. The second-order valence-corrected chi connectivity index (χ2v) is 10.8. The first kappa shape index (κ1) is 25.6. The largest absolute Gasteiger partial charge is 0.491 e. The van der Waals surface area contributed by atoms with Gasteiger partial charge in [-0.05, 0) is 60.4 Å². The number of nitrogens with zero attached hydrogens (tertiary/aromatic N) is 4. The Hall–Kier alpha value is -4.09. The van der Waals surface area contributed by atoms with Gasteiger partial charge in [0.05, 0.1) is 6.54 Å². The molecule has 0 aliphatic carbocycles. The van der Waals surface area contributed by atoms with Crippen molar-refractivity contribution >= 4 is 21.7 Å². The predicted octanol–water partition coefficient (Wildman–Crippen LogP) is 3.13. The van der Waals surface area contributed by atoms with E-state index in [1.807, 2.05) is 25.1 Å². The number of pyridine rings is 1. The molecule has 5 rings (SSSR count). The van der Waals surface area contributed by atoms with Crippen molar-refractivity contribution in [2.75, 3.05) is 23.8 Å². The van der Waals surface area contributed by atoms with E-state index in [1.54, 1.807) is 24.7 Å². The number of aromatic nitrogens is 3. The Morgan fingerprint density at radius 1 is 1.00 bits per heavy atom. The maximum absolute atomic E-state index is 13.4. The lowest BCUT2D eigenvalue weighted by molar-refractivity contribution is 0.331. The average Bonchev–Trinajstić information content (AvgIpc) is 3.09. The Morgan fingerprint density at radius 2 is 1.76 bits per heavy atom. The molecular weight excluding hydrogens is 507 g/mol. The van der Waals surface area contributed by atoms with E-state index in [4.69, 9.17) is 15.6 Å². The van der Waals surface area contributed by atoms with Gasteiger partial charge in [-0.3, -0.25) is 0 Å². The van der Waals surface area contributed by atoms with Crippen LogP contribution in [0.4, 0.5) is 16.0 Å². The Labute approximate surface area is 220 Å². The minimum absolute atomic E-state index is 0.126. The van der Waals surface area contributed by atoms with E-state index in [0.717, 1.165) is 39.5 Å². The van der Waals surface area contributed by atoms with Gasteiger partial charge in [0.25, 0.3) is 0 Å². The van der Waals surface area contributed by atoms with Gasteiger partial charge in [-0.15, -0.1) is 0 Å². The number of benzene rings is 2. The normalized spacial score (nSPS) is 13.5. The number of aryl methyl sites for hydroxylation is 1. The number of ether oxygens (including phenoxy) is 1. The molecule has 4 aromatic rings. The number of fused-ring (bicyclic) bond motifs is 1. The van der Waals surface area contributed by atoms with Gasteiger partial charge in [0.15, 0.2) is 0 Å². The molecule has 38 heavy (non-hydrogen) atoms. The van der Waals surface area contributed by atoms with Crippen LogP contribution in [0.3, 0.4) is 0 Å². The molecule has 0 saturated carbocycles. The number of nitrogen functional groups attached to an aromatic ring is 1. The molecule has 0 spiro atoms. The summed E-state index contributed by atoms with van der Waals surface area (Å²) in [6, 6.07) is 13.8. The van der Waals surface area contributed by atoms with Gasteiger partial charge in [-0.1, -0.05) is 18.2 Å². The molecule has 196 valence electrons. The maximum Gasteiger partial charge on any atom is 0.241 e. The van der Waals surface area contributed by atoms with Crippen molar-refractivity contribution < 1.29 is 17.5 Å². The van der Waals surface area contributed by atoms with Gasteiger partial charge in [0.1, 0.15) is 41.0 Å². The van der Waals surface area contributed by atoms with Crippen molar-refractivity contribution in [1.82, 2.24) is 15.0 Å². The van der Waals surface area contributed by atoms with E-state index in [9.17, 15) is 12.8 Å². The first-order valence-electron chi connectivity index (χ1n) is 12.0. The quantitative estimate of drug-likeness (QED) is 0.385. The van der Waals surface area contributed by atoms with Crippen LogP contribution in [0.2, 0.25) is 0 Å². The van der Waals surface area contributed by atoms with Crippen LogP contribution in [-0.4, -0.2) is 36.5 Å². The van der Waals surface area contributed by atoms with Crippen LogP contribution in [0.15, 0.2) is 66.0 Å². The summed E-state index contributed by atoms with van der Waals surface area (Å²) < 4.78 is 43.2. The summed E-state index contributed by atoms with van der Waals surface area (Å²) >= 11 is 0. The van der Waals surface area contributed by atoms with Crippen molar-refractivity contribution in [2.24, 2.45) is 5.14 Å². The Balaban J connectivity index is 1.43. The lowest BCUT2D eigenvalue weighted by Crippen LogP contribution is -2.28. The average molecular weight is 535 g/mol. The molecule has 1 aliphatic rings. The van der Waals surface area contributed by atoms with Crippen molar-refractivity contribution in [3.8, 4) is 5.75 Å². The molecular formula is C27H27FN6O3S. The number of primary sulfonamides is 1. The first-order chi connectivity index (χ1) is 18.2. The van der Waals surface area contributed by atoms with Crippen molar-refractivity contribution in [3.05, 3.63) is 100 Å². The van der Waals surface area contributed by atoms with Gasteiger partial charge in [-0.25, -0.2) is 32.9 Å². The molecule has 2 aromatic heterocycles. The zero-order chi connectivity index (χ0) is 26.9. The molecule has 0 atom stereocenters. The molecule has 11 heteroatoms. The van der Waals surface area contributed by atoms with Crippen LogP contribution in [0.1, 0.15) is 33.5 Å². The highest BCUT2D eigenvalue weighted by molar-refractivity contribution is 7.89. The van der Waals surface area contributed by atoms with Crippen LogP contribution in [0, 0.1) is 12.7 Å². The number of halogens is 1. The van der Waals surface area contributed by atoms with Gasteiger partial charge in [-0.2, -0.15) is 0 Å². The van der Waals surface area contributed by atoms with Gasteiger partial charge in [0.2, 0.25) is 10.0 Å². The summed E-state index contributed by atoms with van der Waals surface area (Å²) in [6.07, 6.45) is 4.11. The molecule has 0 fully saturated rings. The molecule has 0 amide bonds. The third kappa shape index (κ3) is 5.58. The summed E-state index contributed by atoms with van der Waals surface area (Å²) in [7, 11) is -3.98. The molecule has 2 aromatic carbocycles. The second-order valence-electron chi connectivity index (χ2n) is 9.23. The van der Waals surface area contributed by atoms with Crippen LogP contribution in [-0.2, 0) is 29.4 Å². The van der Waals surface area contributed by atoms with Crippen LogP contribution >= 0.6 is 0 Å². The van der Waals surface area contributed by atoms with Crippen molar-refractivity contribution in [3.63, 3.8) is 0 Å². The fraction of sp³-hybridized carbons (Fsp3) is 0.222. The number of nitrogens with two attached hydrogens (primary N) is 2. The van der Waals surface area contributed by atoms with Crippen LogP contribution < -0.4 is 20.5 Å². The second kappa shape index (κ2) is 10.3. The smallest absolute Gasteiger partial charge is 0.241 e. The topological polar surface area (TPSA) is 137 Å². The molecule has 4 N–H and O–H groups in total. The molecule has 0 saturated heterocycles. The first-order valence-corrected chi connectivity index (χ1v) is 13.5. The number of anilines is 2. The molecule has 0 bridgehead atoms. The van der Waals surface area contributed by atoms with E-state index in [2.05, 4.69) is 19.9 Å². The minimum Gasteiger partial charge on any atom is -0.491 e. The number of sulfonamides is 1. The lowest BCUT2D eigenvalue weighted by atomic mass is 10.0. The van der Waals surface area contributed by atoms with Gasteiger partial charge < -0.3 is 15.4 Å². The molecule has 3 heterocycles. The standard InChI is InChI=1S/C27H27FN6O3S/c1-17-23(12-18-2-5-22(28)6-3-18)27(33-16-32-17)34-8-9-37-24-7-4-19(11-21(24)15-34)10-20-13-25(38(30,35)36)26(29)31-14-20/h2-7,11,13-14,16H,8-10,12,15H2,1H3,(H2,29,31)(H2,30,35,36). The minimum atomic E-state index is -3.98. The molecule has 1 aliphatic heterocycles. The highest BCUT2D eigenvalue weighted by atomic mass is 32.2. The van der Waals surface area contributed by atoms with E-state index in [1.165, 1.54) is 18.2 Å². The summed E-state index contributed by atoms with van der Waals surface area (Å²) in [5.41, 5.74) is 11.1. The third-order valence-electron chi connectivity index (χ3n) is 6.49. The van der Waals surface area contributed by atoms with E-state index in [0.29, 0.717) is 38.1 Å². The lowest BCUT2D eigenvalue weighted by Gasteiger charge is -2.24. The van der Waals surface area contributed by atoms with Crippen molar-refractivity contribution in [1.29, 1.82) is 0 Å². The number of hydrogen-bond acceptors (Lipinski definition) is 8. The summed E-state index contributed by atoms with van der Waals surface area (Å²) in [5, 5.41) is 5.28. The predicted molar refractivity (Wildman–Crippen MR) is 142 cm³/mol. The van der Waals surface area contributed by atoms with Gasteiger partial charge in [0, 0.05) is 36.0 Å². The summed E-state index contributed by atoms with van der Waals surface area (Å²) in [6.45, 7) is 3.60. The highest BCUT2D eigenvalue weighted by Gasteiger charge is 2.22. The fourth-order valence-corrected chi connectivity index (χ4v) is 5.23. The Bertz CT molecular complexity index is 1600. The SMILES string of the molecule is Cc1ncnc(N2CCOc3ccc(Cc4cnc(N)c(S(N)(=O)=O)c4)cc3C2)c1Cc1ccc(F)cc1. The van der Waals surface area contributed by atoms with E-state index >= 15 is 0 Å². The zero-order valence-corrected chi connectivity index (χ0v) is 21.6. The maximum atomic E-state index is 13.4. The summed E-state index contributed by atoms with van der Waals surface area (Å²) in [4.78, 5) is 15.0. The summed E-state index contributed by atoms with van der Waals surface area (Å²) in [5.74, 6) is 1.19. The zero-order valence-electron chi connectivity index (χ0n) is 20.8. The number of rotatable bonds is 6. The third-order valence-corrected chi connectivity index (χ3v) is 7.43. The van der Waals surface area contributed by atoms with E-state index < -0.39 is 10.0 Å². The molecule has 0 unspecified atom stereocenters. The fourth-order valence-electron chi connectivity index (χ4n) is 4.57. The Kier molecular flexibility index (Phi) is 6.96. The monoisotopic (exact) mass is 534 g/mol. The molecule has 9 nitrogen and oxygen atoms in total. The van der Waals surface area contributed by atoms with E-state index in [-0.39, 0.29) is 16.5 Å². The van der Waals surface area contributed by atoms with Crippen molar-refractivity contribution in [2.45, 2.75) is 31.2 Å². The van der Waals surface area contributed by atoms with Crippen LogP contribution in [0.5, 0.6) is 5.75 Å². The number of hydrogen-bond donors (Lipinski definition) is 2. The van der Waals surface area contributed by atoms with Crippen LogP contribution in [0.25, 0.3) is 0 Å². The van der Waals surface area contributed by atoms with Gasteiger partial charge >= 0.3 is 0 Å².